The summed E-state index contributed by atoms with van der Waals surface area (Å²) in [5.74, 6) is 0.340. The van der Waals surface area contributed by atoms with Gasteiger partial charge in [0.25, 0.3) is 0 Å². The SMILES string of the molecule is Cc1cc(-c2c(C)ccc3c2oc2c(-c4ccc(C5CCC(C)(C)CC5)cc4)c(F)ccc23)[n+](C)cc1C. The Labute approximate surface area is 225 Å². The van der Waals surface area contributed by atoms with Crippen LogP contribution in [-0.4, -0.2) is 0 Å². The van der Waals surface area contributed by atoms with Gasteiger partial charge >= 0.3 is 0 Å². The van der Waals surface area contributed by atoms with Gasteiger partial charge in [0.15, 0.2) is 6.20 Å². The van der Waals surface area contributed by atoms with Gasteiger partial charge in [-0.2, -0.15) is 0 Å². The molecule has 0 atom stereocenters. The summed E-state index contributed by atoms with van der Waals surface area (Å²) in [4.78, 5) is 0. The van der Waals surface area contributed by atoms with Crippen molar-refractivity contribution in [1.82, 2.24) is 0 Å². The summed E-state index contributed by atoms with van der Waals surface area (Å²) in [6.07, 6.45) is 7.11. The Morgan fingerprint density at radius 1 is 0.789 bits per heavy atom. The quantitative estimate of drug-likeness (QED) is 0.223. The normalized spacial score (nSPS) is 16.0. The third-order valence-electron chi connectivity index (χ3n) is 8.98. The van der Waals surface area contributed by atoms with Crippen LogP contribution in [0.3, 0.4) is 0 Å². The number of furan rings is 1. The Balaban J connectivity index is 1.49. The first-order valence-electron chi connectivity index (χ1n) is 13.8. The molecule has 0 bridgehead atoms. The van der Waals surface area contributed by atoms with Crippen LogP contribution in [-0.2, 0) is 7.05 Å². The van der Waals surface area contributed by atoms with E-state index in [9.17, 15) is 0 Å². The van der Waals surface area contributed by atoms with Crippen LogP contribution in [0.2, 0.25) is 0 Å². The third kappa shape index (κ3) is 4.13. The van der Waals surface area contributed by atoms with Gasteiger partial charge in [-0.15, -0.1) is 0 Å². The van der Waals surface area contributed by atoms with Gasteiger partial charge in [0.2, 0.25) is 5.69 Å². The van der Waals surface area contributed by atoms with E-state index in [1.165, 1.54) is 42.4 Å². The number of pyridine rings is 1. The van der Waals surface area contributed by atoms with E-state index in [4.69, 9.17) is 4.42 Å². The first-order chi connectivity index (χ1) is 18.1. The maximum Gasteiger partial charge on any atom is 0.216 e. The lowest BCUT2D eigenvalue weighted by molar-refractivity contribution is -0.660. The predicted molar refractivity (Wildman–Crippen MR) is 155 cm³/mol. The molecule has 2 heterocycles. The van der Waals surface area contributed by atoms with Crippen LogP contribution in [0.1, 0.15) is 67.7 Å². The molecule has 0 saturated heterocycles. The molecule has 38 heavy (non-hydrogen) atoms. The van der Waals surface area contributed by atoms with Gasteiger partial charge in [-0.05, 0) is 92.2 Å². The fourth-order valence-corrected chi connectivity index (χ4v) is 6.35. The van der Waals surface area contributed by atoms with Gasteiger partial charge in [-0.3, -0.25) is 0 Å². The highest BCUT2D eigenvalue weighted by Gasteiger charge is 2.28. The number of rotatable bonds is 3. The summed E-state index contributed by atoms with van der Waals surface area (Å²) in [6.45, 7) is 11.1. The lowest BCUT2D eigenvalue weighted by atomic mass is 9.71. The standard InChI is InChI=1S/C35H37FNO/c1-21-7-12-27-28-13-14-29(36)32(26-10-8-24(9-11-26)25-15-17-35(4,5)18-16-25)34(28)38-33(27)31(21)30-19-22(2)23(3)20-37(30)6/h7-14,19-20,25H,15-18H2,1-6H3/q+1. The number of nitrogens with zero attached hydrogens (tertiary/aromatic N) is 1. The minimum Gasteiger partial charge on any atom is -0.454 e. The summed E-state index contributed by atoms with van der Waals surface area (Å²) in [5, 5.41) is 1.96. The minimum absolute atomic E-state index is 0.251. The van der Waals surface area contributed by atoms with Crippen molar-refractivity contribution in [2.75, 3.05) is 0 Å². The minimum atomic E-state index is -0.251. The van der Waals surface area contributed by atoms with Crippen molar-refractivity contribution in [1.29, 1.82) is 0 Å². The molecule has 3 aromatic carbocycles. The molecular weight excluding hydrogens is 469 g/mol. The lowest BCUT2D eigenvalue weighted by Crippen LogP contribution is -2.31. The fourth-order valence-electron chi connectivity index (χ4n) is 6.35. The lowest BCUT2D eigenvalue weighted by Gasteiger charge is -2.34. The molecule has 1 saturated carbocycles. The van der Waals surface area contributed by atoms with Gasteiger partial charge < -0.3 is 4.42 Å². The number of halogens is 1. The van der Waals surface area contributed by atoms with Crippen molar-refractivity contribution >= 4 is 21.9 Å². The smallest absolute Gasteiger partial charge is 0.216 e. The van der Waals surface area contributed by atoms with Crippen LogP contribution in [0, 0.1) is 32.0 Å². The number of aromatic nitrogens is 1. The van der Waals surface area contributed by atoms with Crippen molar-refractivity contribution in [3.63, 3.8) is 0 Å². The zero-order valence-electron chi connectivity index (χ0n) is 23.4. The first kappa shape index (κ1) is 24.9. The molecule has 1 aliphatic rings. The van der Waals surface area contributed by atoms with Crippen LogP contribution in [0.4, 0.5) is 4.39 Å². The van der Waals surface area contributed by atoms with E-state index in [0.29, 0.717) is 22.5 Å². The molecule has 6 rings (SSSR count). The molecule has 5 aromatic rings. The van der Waals surface area contributed by atoms with E-state index in [2.05, 4.69) is 94.9 Å². The average molecular weight is 507 g/mol. The van der Waals surface area contributed by atoms with Gasteiger partial charge in [-0.1, -0.05) is 50.2 Å². The van der Waals surface area contributed by atoms with Gasteiger partial charge in [0, 0.05) is 22.4 Å². The van der Waals surface area contributed by atoms with E-state index in [0.717, 1.165) is 38.7 Å². The second kappa shape index (κ2) is 9.08. The highest BCUT2D eigenvalue weighted by Crippen LogP contribution is 2.44. The Morgan fingerprint density at radius 2 is 1.42 bits per heavy atom. The molecule has 1 aliphatic carbocycles. The molecule has 0 N–H and O–H groups in total. The first-order valence-corrected chi connectivity index (χ1v) is 13.8. The van der Waals surface area contributed by atoms with Crippen LogP contribution < -0.4 is 4.57 Å². The summed E-state index contributed by atoms with van der Waals surface area (Å²) in [6, 6.07) is 18.5. The van der Waals surface area contributed by atoms with E-state index >= 15 is 4.39 Å². The Bertz CT molecular complexity index is 1680. The van der Waals surface area contributed by atoms with E-state index < -0.39 is 0 Å². The molecule has 0 spiro atoms. The van der Waals surface area contributed by atoms with Gasteiger partial charge in [-0.25, -0.2) is 8.96 Å². The van der Waals surface area contributed by atoms with Crippen molar-refractivity contribution in [2.45, 2.75) is 66.2 Å². The van der Waals surface area contributed by atoms with Crippen molar-refractivity contribution < 1.29 is 13.4 Å². The van der Waals surface area contributed by atoms with Crippen molar-refractivity contribution in [3.05, 3.63) is 88.9 Å². The average Bonchev–Trinajstić information content (AvgIpc) is 3.25. The number of aryl methyl sites for hydroxylation is 4. The topological polar surface area (TPSA) is 17.0 Å². The van der Waals surface area contributed by atoms with Gasteiger partial charge in [0.1, 0.15) is 24.0 Å². The van der Waals surface area contributed by atoms with Crippen LogP contribution in [0.5, 0.6) is 0 Å². The maximum atomic E-state index is 15.5. The number of fused-ring (bicyclic) bond motifs is 3. The summed E-state index contributed by atoms with van der Waals surface area (Å²) < 4.78 is 24.3. The molecule has 0 aliphatic heterocycles. The zero-order chi connectivity index (χ0) is 26.8. The Hall–Kier alpha value is -3.46. The number of hydrogen-bond donors (Lipinski definition) is 0. The van der Waals surface area contributed by atoms with Crippen LogP contribution >= 0.6 is 0 Å². The van der Waals surface area contributed by atoms with Gasteiger partial charge in [0.05, 0.1) is 11.1 Å². The predicted octanol–water partition coefficient (Wildman–Crippen LogP) is 9.49. The van der Waals surface area contributed by atoms with Crippen LogP contribution in [0.15, 0.2) is 65.2 Å². The Morgan fingerprint density at radius 3 is 2.11 bits per heavy atom. The largest absolute Gasteiger partial charge is 0.454 e. The number of benzene rings is 3. The molecule has 3 heteroatoms. The Kier molecular flexibility index (Phi) is 5.94. The molecule has 2 aromatic heterocycles. The third-order valence-corrected chi connectivity index (χ3v) is 8.98. The summed E-state index contributed by atoms with van der Waals surface area (Å²) in [7, 11) is 2.07. The zero-order valence-corrected chi connectivity index (χ0v) is 23.4. The number of hydrogen-bond acceptors (Lipinski definition) is 1. The fraction of sp³-hybridized carbons (Fsp3) is 0.343. The van der Waals surface area contributed by atoms with E-state index in [1.807, 2.05) is 6.07 Å². The molecule has 0 amide bonds. The van der Waals surface area contributed by atoms with E-state index in [1.54, 1.807) is 6.07 Å². The summed E-state index contributed by atoms with van der Waals surface area (Å²) >= 11 is 0. The molecule has 194 valence electrons. The molecule has 1 fully saturated rings. The molecule has 2 nitrogen and oxygen atoms in total. The molecule has 0 radical (unpaired) electrons. The maximum absolute atomic E-state index is 15.5. The van der Waals surface area contributed by atoms with Crippen LogP contribution in [0.25, 0.3) is 44.3 Å². The second-order valence-corrected chi connectivity index (χ2v) is 12.2. The molecular formula is C35H37FNO+. The second-order valence-electron chi connectivity index (χ2n) is 12.2. The van der Waals surface area contributed by atoms with Crippen molar-refractivity contribution in [2.24, 2.45) is 12.5 Å². The van der Waals surface area contributed by atoms with E-state index in [-0.39, 0.29) is 5.82 Å². The summed E-state index contributed by atoms with van der Waals surface area (Å²) in [5.41, 5.74) is 10.4. The monoisotopic (exact) mass is 506 g/mol. The molecule has 0 unspecified atom stereocenters. The van der Waals surface area contributed by atoms with Crippen molar-refractivity contribution in [3.8, 4) is 22.4 Å². The highest BCUT2D eigenvalue weighted by atomic mass is 19.1. The highest BCUT2D eigenvalue weighted by molar-refractivity contribution is 6.13.